The van der Waals surface area contributed by atoms with Crippen LogP contribution in [0.15, 0.2) is 0 Å². The molecule has 0 radical (unpaired) electrons. The van der Waals surface area contributed by atoms with E-state index in [1.807, 2.05) is 27.7 Å². The van der Waals surface area contributed by atoms with Gasteiger partial charge in [-0.1, -0.05) is 59.6 Å². The Morgan fingerprint density at radius 3 is 1.14 bits per heavy atom. The highest BCUT2D eigenvalue weighted by Gasteiger charge is 2.48. The Morgan fingerprint density at radius 2 is 0.955 bits per heavy atom. The molecule has 0 aromatic carbocycles. The van der Waals surface area contributed by atoms with Gasteiger partial charge < -0.3 is 9.47 Å². The van der Waals surface area contributed by atoms with Gasteiger partial charge in [-0.15, -0.1) is 0 Å². The van der Waals surface area contributed by atoms with Gasteiger partial charge in [-0.3, -0.25) is 0 Å². The van der Waals surface area contributed by atoms with Gasteiger partial charge in [0.25, 0.3) is 0 Å². The quantitative estimate of drug-likeness (QED) is 0.200. The summed E-state index contributed by atoms with van der Waals surface area (Å²) in [4.78, 5) is 24.0. The van der Waals surface area contributed by atoms with Crippen molar-refractivity contribution in [2.24, 2.45) is 10.8 Å². The highest BCUT2D eigenvalue weighted by Crippen LogP contribution is 2.48. The minimum Gasteiger partial charge on any atom is -0.428 e. The molecule has 22 heavy (non-hydrogen) atoms. The maximum Gasteiger partial charge on any atom is 0.419 e. The second-order valence-corrected chi connectivity index (χ2v) is 13.6. The molecule has 130 valence electrons. The molecule has 0 spiro atoms. The van der Waals surface area contributed by atoms with Crippen molar-refractivity contribution in [3.8, 4) is 0 Å². The molecule has 0 fully saturated rings. The van der Waals surface area contributed by atoms with Crippen LogP contribution in [-0.4, -0.2) is 29.4 Å². The minimum absolute atomic E-state index is 0.516. The van der Waals surface area contributed by atoms with Crippen molar-refractivity contribution < 1.29 is 19.1 Å². The van der Waals surface area contributed by atoms with Crippen LogP contribution in [0.25, 0.3) is 0 Å². The Hall–Kier alpha value is 1.82. The molecular formula is C12H16Br6O4. The number of alkyl halides is 6. The molecule has 0 aromatic heterocycles. The summed E-state index contributed by atoms with van der Waals surface area (Å²) >= 11 is 19.7. The van der Waals surface area contributed by atoms with Crippen LogP contribution < -0.4 is 0 Å². The maximum atomic E-state index is 12.0. The second kappa shape index (κ2) is 8.47. The summed E-state index contributed by atoms with van der Waals surface area (Å²) in [5.41, 5.74) is -1.03. The van der Waals surface area contributed by atoms with Gasteiger partial charge in [0.05, 0.1) is 0 Å². The fourth-order valence-electron chi connectivity index (χ4n) is 0.748. The van der Waals surface area contributed by atoms with E-state index in [-0.39, 0.29) is 0 Å². The predicted octanol–water partition coefficient (Wildman–Crippen LogP) is 5.80. The van der Waals surface area contributed by atoms with Crippen LogP contribution in [0.3, 0.4) is 0 Å². The molecule has 0 N–H and O–H groups in total. The largest absolute Gasteiger partial charge is 0.428 e. The van der Waals surface area contributed by atoms with Gasteiger partial charge in [-0.2, -0.15) is 0 Å². The molecule has 0 heterocycles. The summed E-state index contributed by atoms with van der Waals surface area (Å²) in [6.45, 7) is 7.38. The molecule has 4 nitrogen and oxygen atoms in total. The SMILES string of the molecule is CC(C)(CBr)C(Br)(Br)OC(=O)C(=O)OC(Br)(Br)C(C)(C)CBr. The van der Waals surface area contributed by atoms with Crippen molar-refractivity contribution in [3.05, 3.63) is 0 Å². The Labute approximate surface area is 181 Å². The number of carbonyl (C=O) groups is 2. The minimum atomic E-state index is -1.21. The normalized spacial score (nSPS) is 13.7. The standard InChI is InChI=1S/C12H16Br6O4/c1-9(2,5-13)11(15,16)21-7(19)8(20)22-12(17,18)10(3,4)6-14/h5-6H2,1-4H3. The van der Waals surface area contributed by atoms with Gasteiger partial charge in [0.2, 0.25) is 6.84 Å². The fraction of sp³-hybridized carbons (Fsp3) is 0.833. The van der Waals surface area contributed by atoms with Crippen LogP contribution in [0.1, 0.15) is 27.7 Å². The molecule has 0 rings (SSSR count). The van der Waals surface area contributed by atoms with Crippen molar-refractivity contribution in [3.63, 3.8) is 0 Å². The lowest BCUT2D eigenvalue weighted by Gasteiger charge is -2.37. The first-order valence-electron chi connectivity index (χ1n) is 5.97. The molecule has 0 unspecified atom stereocenters. The topological polar surface area (TPSA) is 52.6 Å². The van der Waals surface area contributed by atoms with Crippen LogP contribution in [0.5, 0.6) is 0 Å². The number of hydrogen-bond donors (Lipinski definition) is 0. The number of carbonyl (C=O) groups excluding carboxylic acids is 2. The Bertz CT molecular complexity index is 393. The first kappa shape index (κ1) is 23.8. The van der Waals surface area contributed by atoms with E-state index in [1.54, 1.807) is 0 Å². The molecule has 0 aromatic rings. The molecule has 0 saturated carbocycles. The summed E-state index contributed by atoms with van der Waals surface area (Å²) < 4.78 is 7.95. The average Bonchev–Trinajstić information content (AvgIpc) is 2.36. The fourth-order valence-corrected chi connectivity index (χ4v) is 4.19. The van der Waals surface area contributed by atoms with Gasteiger partial charge >= 0.3 is 11.9 Å². The van der Waals surface area contributed by atoms with E-state index in [1.165, 1.54) is 0 Å². The number of halogens is 6. The van der Waals surface area contributed by atoms with Gasteiger partial charge in [-0.25, -0.2) is 9.59 Å². The molecule has 0 aliphatic carbocycles. The third kappa shape index (κ3) is 5.97. The summed E-state index contributed by atoms with van der Waals surface area (Å²) in [7, 11) is 0. The molecule has 0 aliphatic heterocycles. The maximum absolute atomic E-state index is 12.0. The number of hydrogen-bond acceptors (Lipinski definition) is 4. The van der Waals surface area contributed by atoms with E-state index >= 15 is 0 Å². The van der Waals surface area contributed by atoms with Crippen molar-refractivity contribution >= 4 is 108 Å². The van der Waals surface area contributed by atoms with E-state index in [4.69, 9.17) is 9.47 Å². The molecule has 0 saturated heterocycles. The van der Waals surface area contributed by atoms with Crippen LogP contribution in [0.4, 0.5) is 0 Å². The summed E-state index contributed by atoms with van der Waals surface area (Å²) in [6.07, 6.45) is 0. The third-order valence-electron chi connectivity index (χ3n) is 2.85. The lowest BCUT2D eigenvalue weighted by molar-refractivity contribution is -0.174. The van der Waals surface area contributed by atoms with Crippen LogP contribution in [0, 0.1) is 10.8 Å². The highest BCUT2D eigenvalue weighted by molar-refractivity contribution is 9.25. The molecule has 10 heteroatoms. The van der Waals surface area contributed by atoms with Crippen LogP contribution in [0.2, 0.25) is 0 Å². The summed E-state index contributed by atoms with van der Waals surface area (Å²) in [5.74, 6) is -2.23. The van der Waals surface area contributed by atoms with Crippen molar-refractivity contribution in [2.45, 2.75) is 34.5 Å². The van der Waals surface area contributed by atoms with Gasteiger partial charge in [0.15, 0.2) is 0 Å². The van der Waals surface area contributed by atoms with Gasteiger partial charge in [0.1, 0.15) is 0 Å². The van der Waals surface area contributed by atoms with Crippen molar-refractivity contribution in [2.75, 3.05) is 10.7 Å². The highest BCUT2D eigenvalue weighted by atomic mass is 79.9. The molecule has 0 bridgehead atoms. The smallest absolute Gasteiger partial charge is 0.419 e. The van der Waals surface area contributed by atoms with Crippen molar-refractivity contribution in [1.29, 1.82) is 0 Å². The monoisotopic (exact) mass is 698 g/mol. The molecular weight excluding hydrogens is 688 g/mol. The zero-order valence-corrected chi connectivity index (χ0v) is 21.8. The molecule has 0 amide bonds. The van der Waals surface area contributed by atoms with E-state index in [2.05, 4.69) is 95.6 Å². The number of esters is 2. The van der Waals surface area contributed by atoms with Crippen molar-refractivity contribution in [1.82, 2.24) is 0 Å². The second-order valence-electron chi connectivity index (χ2n) is 5.85. The van der Waals surface area contributed by atoms with E-state index in [9.17, 15) is 9.59 Å². The molecule has 0 aliphatic rings. The lowest BCUT2D eigenvalue weighted by atomic mass is 9.98. The van der Waals surface area contributed by atoms with Gasteiger partial charge in [0, 0.05) is 21.5 Å². The lowest BCUT2D eigenvalue weighted by Crippen LogP contribution is -2.44. The van der Waals surface area contributed by atoms with Crippen LogP contribution >= 0.6 is 95.6 Å². The Morgan fingerprint density at radius 1 is 0.727 bits per heavy atom. The van der Waals surface area contributed by atoms with E-state index in [0.29, 0.717) is 10.7 Å². The summed E-state index contributed by atoms with van der Waals surface area (Å²) in [6, 6.07) is 0. The number of ether oxygens (including phenoxy) is 2. The Kier molecular flexibility index (Phi) is 9.17. The molecule has 0 atom stereocenters. The first-order chi connectivity index (χ1) is 9.63. The zero-order valence-electron chi connectivity index (χ0n) is 12.3. The summed E-state index contributed by atoms with van der Waals surface area (Å²) in [5, 5.41) is 1.05. The van der Waals surface area contributed by atoms with E-state index < -0.39 is 29.6 Å². The predicted molar refractivity (Wildman–Crippen MR) is 109 cm³/mol. The van der Waals surface area contributed by atoms with E-state index in [0.717, 1.165) is 0 Å². The third-order valence-corrected chi connectivity index (χ3v) is 10.6. The first-order valence-corrected chi connectivity index (χ1v) is 11.4. The number of rotatable bonds is 6. The van der Waals surface area contributed by atoms with Gasteiger partial charge in [-0.05, 0) is 63.7 Å². The average molecular weight is 704 g/mol. The van der Waals surface area contributed by atoms with Crippen LogP contribution in [-0.2, 0) is 19.1 Å². The Balaban J connectivity index is 5.02. The zero-order chi connectivity index (χ0) is 18.0.